The standard InChI is InChI=1S/C16H20N6O/c1-11-14-15(18-10-19-16(14)23-20-11)22-6-3-4-13(9-22)8-21-7-5-17-12(21)2/h5,7,10,13H,3-4,6,8-9H2,1-2H3/t13-/m1/s1. The molecule has 1 fully saturated rings. The van der Waals surface area contributed by atoms with Gasteiger partial charge < -0.3 is 14.0 Å². The van der Waals surface area contributed by atoms with E-state index in [9.17, 15) is 0 Å². The predicted molar refractivity (Wildman–Crippen MR) is 86.2 cm³/mol. The highest BCUT2D eigenvalue weighted by Gasteiger charge is 2.24. The van der Waals surface area contributed by atoms with Gasteiger partial charge in [-0.2, -0.15) is 4.98 Å². The molecule has 0 radical (unpaired) electrons. The Hall–Kier alpha value is -2.44. The van der Waals surface area contributed by atoms with Gasteiger partial charge in [0.15, 0.2) is 0 Å². The lowest BCUT2D eigenvalue weighted by Crippen LogP contribution is -2.37. The third-order valence-electron chi connectivity index (χ3n) is 4.62. The maximum absolute atomic E-state index is 5.27. The van der Waals surface area contributed by atoms with E-state index in [1.807, 2.05) is 13.1 Å². The van der Waals surface area contributed by atoms with Crippen LogP contribution in [0.3, 0.4) is 0 Å². The van der Waals surface area contributed by atoms with E-state index in [4.69, 9.17) is 4.52 Å². The Morgan fingerprint density at radius 2 is 2.17 bits per heavy atom. The van der Waals surface area contributed by atoms with Crippen LogP contribution in [0.2, 0.25) is 0 Å². The van der Waals surface area contributed by atoms with E-state index in [2.05, 4.69) is 42.7 Å². The monoisotopic (exact) mass is 312 g/mol. The molecule has 0 amide bonds. The SMILES string of the molecule is Cc1noc2ncnc(N3CCC[C@H](Cn4ccnc4C)C3)c12. The van der Waals surface area contributed by atoms with Crippen LogP contribution in [0.25, 0.3) is 11.1 Å². The van der Waals surface area contributed by atoms with Crippen molar-refractivity contribution in [2.45, 2.75) is 33.2 Å². The van der Waals surface area contributed by atoms with E-state index in [1.165, 1.54) is 6.42 Å². The molecular formula is C16H20N6O. The highest BCUT2D eigenvalue weighted by atomic mass is 16.5. The number of fused-ring (bicyclic) bond motifs is 1. The molecule has 1 saturated heterocycles. The van der Waals surface area contributed by atoms with E-state index < -0.39 is 0 Å². The van der Waals surface area contributed by atoms with Gasteiger partial charge in [0, 0.05) is 32.0 Å². The van der Waals surface area contributed by atoms with Crippen LogP contribution in [-0.4, -0.2) is 37.8 Å². The van der Waals surface area contributed by atoms with Crippen LogP contribution >= 0.6 is 0 Å². The summed E-state index contributed by atoms with van der Waals surface area (Å²) in [6, 6.07) is 0. The number of imidazole rings is 1. The Kier molecular flexibility index (Phi) is 3.48. The maximum atomic E-state index is 5.27. The van der Waals surface area contributed by atoms with Gasteiger partial charge in [-0.25, -0.2) is 9.97 Å². The van der Waals surface area contributed by atoms with Crippen molar-refractivity contribution in [3.8, 4) is 0 Å². The van der Waals surface area contributed by atoms with Gasteiger partial charge in [-0.1, -0.05) is 5.16 Å². The maximum Gasteiger partial charge on any atom is 0.263 e. The lowest BCUT2D eigenvalue weighted by atomic mass is 9.97. The van der Waals surface area contributed by atoms with Crippen molar-refractivity contribution in [3.63, 3.8) is 0 Å². The lowest BCUT2D eigenvalue weighted by molar-refractivity contribution is 0.363. The Bertz CT molecular complexity index is 823. The number of anilines is 1. The van der Waals surface area contributed by atoms with Crippen LogP contribution < -0.4 is 4.90 Å². The summed E-state index contributed by atoms with van der Waals surface area (Å²) in [4.78, 5) is 15.3. The summed E-state index contributed by atoms with van der Waals surface area (Å²) in [6.45, 7) is 6.98. The van der Waals surface area contributed by atoms with E-state index in [-0.39, 0.29) is 0 Å². The molecule has 4 heterocycles. The van der Waals surface area contributed by atoms with E-state index in [0.717, 1.165) is 48.8 Å². The molecule has 1 aliphatic rings. The van der Waals surface area contributed by atoms with Gasteiger partial charge in [0.05, 0.1) is 5.69 Å². The molecule has 4 rings (SSSR count). The second-order valence-corrected chi connectivity index (χ2v) is 6.23. The highest BCUT2D eigenvalue weighted by Crippen LogP contribution is 2.29. The molecule has 0 unspecified atom stereocenters. The summed E-state index contributed by atoms with van der Waals surface area (Å²) < 4.78 is 7.50. The molecule has 3 aromatic rings. The highest BCUT2D eigenvalue weighted by molar-refractivity contribution is 5.87. The van der Waals surface area contributed by atoms with Crippen molar-refractivity contribution in [2.24, 2.45) is 5.92 Å². The quantitative estimate of drug-likeness (QED) is 0.739. The van der Waals surface area contributed by atoms with Crippen molar-refractivity contribution >= 4 is 16.9 Å². The molecule has 0 bridgehead atoms. The minimum Gasteiger partial charge on any atom is -0.355 e. The van der Waals surface area contributed by atoms with Gasteiger partial charge in [-0.3, -0.25) is 0 Å². The average Bonchev–Trinajstić information content (AvgIpc) is 3.14. The van der Waals surface area contributed by atoms with Gasteiger partial charge >= 0.3 is 0 Å². The number of rotatable bonds is 3. The van der Waals surface area contributed by atoms with Crippen molar-refractivity contribution in [1.29, 1.82) is 0 Å². The first-order valence-corrected chi connectivity index (χ1v) is 8.02. The summed E-state index contributed by atoms with van der Waals surface area (Å²) in [5.74, 6) is 2.60. The topological polar surface area (TPSA) is 72.9 Å². The Morgan fingerprint density at radius 3 is 3.00 bits per heavy atom. The number of hydrogen-bond acceptors (Lipinski definition) is 6. The van der Waals surface area contributed by atoms with Gasteiger partial charge in [0.25, 0.3) is 5.71 Å². The normalized spacial score (nSPS) is 18.7. The van der Waals surface area contributed by atoms with E-state index >= 15 is 0 Å². The Balaban J connectivity index is 1.59. The van der Waals surface area contributed by atoms with Gasteiger partial charge in [-0.05, 0) is 32.6 Å². The fourth-order valence-corrected chi connectivity index (χ4v) is 3.42. The molecular weight excluding hydrogens is 292 g/mol. The second-order valence-electron chi connectivity index (χ2n) is 6.23. The minimum atomic E-state index is 0.570. The van der Waals surface area contributed by atoms with Crippen LogP contribution in [0.4, 0.5) is 5.82 Å². The molecule has 7 heteroatoms. The van der Waals surface area contributed by atoms with Crippen LogP contribution in [0, 0.1) is 19.8 Å². The number of piperidine rings is 1. The summed E-state index contributed by atoms with van der Waals surface area (Å²) in [6.07, 6.45) is 7.87. The molecule has 0 aromatic carbocycles. The summed E-state index contributed by atoms with van der Waals surface area (Å²) in [5.41, 5.74) is 1.42. The van der Waals surface area contributed by atoms with Crippen molar-refractivity contribution in [2.75, 3.05) is 18.0 Å². The van der Waals surface area contributed by atoms with Crippen LogP contribution in [-0.2, 0) is 6.54 Å². The molecule has 120 valence electrons. The van der Waals surface area contributed by atoms with E-state index in [0.29, 0.717) is 11.6 Å². The molecule has 0 N–H and O–H groups in total. The van der Waals surface area contributed by atoms with Gasteiger partial charge in [0.1, 0.15) is 23.4 Å². The van der Waals surface area contributed by atoms with Crippen LogP contribution in [0.15, 0.2) is 23.2 Å². The first kappa shape index (κ1) is 14.2. The van der Waals surface area contributed by atoms with Crippen molar-refractivity contribution in [3.05, 3.63) is 30.2 Å². The third kappa shape index (κ3) is 2.56. The molecule has 1 atom stereocenters. The van der Waals surface area contributed by atoms with Crippen molar-refractivity contribution < 1.29 is 4.52 Å². The Labute approximate surface area is 134 Å². The number of nitrogens with zero attached hydrogens (tertiary/aromatic N) is 6. The summed E-state index contributed by atoms with van der Waals surface area (Å²) in [5, 5.41) is 4.96. The zero-order chi connectivity index (χ0) is 15.8. The Morgan fingerprint density at radius 1 is 1.26 bits per heavy atom. The third-order valence-corrected chi connectivity index (χ3v) is 4.62. The molecule has 0 spiro atoms. The molecule has 0 saturated carbocycles. The van der Waals surface area contributed by atoms with Gasteiger partial charge in [-0.15, -0.1) is 0 Å². The largest absolute Gasteiger partial charge is 0.355 e. The first-order chi connectivity index (χ1) is 11.2. The van der Waals surface area contributed by atoms with Crippen LogP contribution in [0.5, 0.6) is 0 Å². The first-order valence-electron chi connectivity index (χ1n) is 8.02. The van der Waals surface area contributed by atoms with Gasteiger partial charge in [0.2, 0.25) is 0 Å². The van der Waals surface area contributed by atoms with E-state index in [1.54, 1.807) is 6.33 Å². The fourth-order valence-electron chi connectivity index (χ4n) is 3.42. The zero-order valence-corrected chi connectivity index (χ0v) is 13.4. The zero-order valence-electron chi connectivity index (χ0n) is 13.4. The molecule has 7 nitrogen and oxygen atoms in total. The lowest BCUT2D eigenvalue weighted by Gasteiger charge is -2.34. The molecule has 23 heavy (non-hydrogen) atoms. The molecule has 0 aliphatic carbocycles. The second kappa shape index (κ2) is 5.64. The summed E-state index contributed by atoms with van der Waals surface area (Å²) >= 11 is 0. The average molecular weight is 312 g/mol. The number of aryl methyl sites for hydroxylation is 2. The minimum absolute atomic E-state index is 0.570. The predicted octanol–water partition coefficient (Wildman–Crippen LogP) is 2.35. The number of aromatic nitrogens is 5. The smallest absolute Gasteiger partial charge is 0.263 e. The summed E-state index contributed by atoms with van der Waals surface area (Å²) in [7, 11) is 0. The van der Waals surface area contributed by atoms with Crippen molar-refractivity contribution in [1.82, 2.24) is 24.7 Å². The molecule has 1 aliphatic heterocycles. The fraction of sp³-hybridized carbons (Fsp3) is 0.500. The number of hydrogen-bond donors (Lipinski definition) is 0. The van der Waals surface area contributed by atoms with Crippen LogP contribution in [0.1, 0.15) is 24.4 Å². The molecule has 3 aromatic heterocycles.